The Labute approximate surface area is 127 Å². The Kier molecular flexibility index (Phi) is 4.92. The van der Waals surface area contributed by atoms with Crippen molar-refractivity contribution in [1.82, 2.24) is 5.32 Å². The molecule has 0 radical (unpaired) electrons. The Balaban J connectivity index is 1.87. The number of carbonyl (C=O) groups is 1. The first-order valence-electron chi connectivity index (χ1n) is 7.96. The van der Waals surface area contributed by atoms with Crippen LogP contribution in [0, 0.1) is 17.3 Å². The summed E-state index contributed by atoms with van der Waals surface area (Å²) in [6.45, 7) is 7.29. The Bertz CT molecular complexity index is 478. The van der Waals surface area contributed by atoms with E-state index >= 15 is 0 Å². The summed E-state index contributed by atoms with van der Waals surface area (Å²) in [5.41, 5.74) is 1.23. The largest absolute Gasteiger partial charge is 0.508 e. The SMILES string of the molecule is C[C@H]1CCCC(C)(C)C1C(=O)NCCc1ccc(O)cc1. The summed E-state index contributed by atoms with van der Waals surface area (Å²) < 4.78 is 0. The molecule has 1 aliphatic rings. The molecule has 0 aliphatic heterocycles. The van der Waals surface area contributed by atoms with Crippen molar-refractivity contribution < 1.29 is 9.90 Å². The van der Waals surface area contributed by atoms with Gasteiger partial charge in [-0.15, -0.1) is 0 Å². The number of aromatic hydroxyl groups is 1. The van der Waals surface area contributed by atoms with Crippen molar-refractivity contribution in [2.75, 3.05) is 6.54 Å². The van der Waals surface area contributed by atoms with Crippen LogP contribution in [0.3, 0.4) is 0 Å². The number of amides is 1. The summed E-state index contributed by atoms with van der Waals surface area (Å²) in [5.74, 6) is 1.06. The van der Waals surface area contributed by atoms with Gasteiger partial charge in [0.1, 0.15) is 5.75 Å². The van der Waals surface area contributed by atoms with Crippen molar-refractivity contribution in [2.24, 2.45) is 17.3 Å². The maximum absolute atomic E-state index is 12.5. The molecule has 116 valence electrons. The fourth-order valence-electron chi connectivity index (χ4n) is 3.69. The van der Waals surface area contributed by atoms with Gasteiger partial charge in [0.2, 0.25) is 5.91 Å². The fourth-order valence-corrected chi connectivity index (χ4v) is 3.69. The zero-order chi connectivity index (χ0) is 15.5. The minimum Gasteiger partial charge on any atom is -0.508 e. The van der Waals surface area contributed by atoms with Gasteiger partial charge in [-0.1, -0.05) is 39.3 Å². The lowest BCUT2D eigenvalue weighted by molar-refractivity contribution is -0.132. The smallest absolute Gasteiger partial charge is 0.223 e. The molecule has 3 nitrogen and oxygen atoms in total. The van der Waals surface area contributed by atoms with Gasteiger partial charge in [-0.2, -0.15) is 0 Å². The number of hydrogen-bond acceptors (Lipinski definition) is 2. The predicted octanol–water partition coefficient (Wildman–Crippen LogP) is 3.51. The molecule has 3 heteroatoms. The van der Waals surface area contributed by atoms with Gasteiger partial charge < -0.3 is 10.4 Å². The second-order valence-corrected chi connectivity index (χ2v) is 7.04. The second-order valence-electron chi connectivity index (χ2n) is 7.04. The third kappa shape index (κ3) is 3.99. The van der Waals surface area contributed by atoms with Gasteiger partial charge in [0, 0.05) is 12.5 Å². The number of phenolic OH excluding ortho intramolecular Hbond substituents is 1. The van der Waals surface area contributed by atoms with Gasteiger partial charge in [-0.3, -0.25) is 4.79 Å². The lowest BCUT2D eigenvalue weighted by Gasteiger charge is -2.41. The average Bonchev–Trinajstić information content (AvgIpc) is 2.40. The van der Waals surface area contributed by atoms with E-state index in [9.17, 15) is 9.90 Å². The van der Waals surface area contributed by atoms with Gasteiger partial charge in [0.15, 0.2) is 0 Å². The van der Waals surface area contributed by atoms with Crippen LogP contribution in [0.15, 0.2) is 24.3 Å². The second kappa shape index (κ2) is 6.50. The fraction of sp³-hybridized carbons (Fsp3) is 0.611. The van der Waals surface area contributed by atoms with Crippen molar-refractivity contribution in [3.8, 4) is 5.75 Å². The van der Waals surface area contributed by atoms with Gasteiger partial charge in [0.05, 0.1) is 0 Å². The zero-order valence-corrected chi connectivity index (χ0v) is 13.4. The van der Waals surface area contributed by atoms with Crippen LogP contribution in [-0.4, -0.2) is 17.6 Å². The molecule has 0 aromatic heterocycles. The van der Waals surface area contributed by atoms with Crippen LogP contribution in [0.5, 0.6) is 5.75 Å². The average molecular weight is 289 g/mol. The molecule has 2 rings (SSSR count). The van der Waals surface area contributed by atoms with E-state index in [2.05, 4.69) is 26.1 Å². The minimum absolute atomic E-state index is 0.0975. The van der Waals surface area contributed by atoms with E-state index in [0.29, 0.717) is 12.5 Å². The third-order valence-corrected chi connectivity index (χ3v) is 4.82. The van der Waals surface area contributed by atoms with Crippen molar-refractivity contribution in [2.45, 2.75) is 46.5 Å². The minimum atomic E-state index is 0.0975. The number of benzene rings is 1. The third-order valence-electron chi connectivity index (χ3n) is 4.82. The highest BCUT2D eigenvalue weighted by Gasteiger charge is 2.41. The van der Waals surface area contributed by atoms with E-state index in [1.165, 1.54) is 6.42 Å². The number of rotatable bonds is 4. The number of nitrogens with one attached hydrogen (secondary N) is 1. The molecule has 1 amide bonds. The quantitative estimate of drug-likeness (QED) is 0.891. The maximum atomic E-state index is 12.5. The molecule has 0 bridgehead atoms. The standard InChI is InChI=1S/C18H27NO2/c1-13-5-4-11-18(2,3)16(13)17(21)19-12-10-14-6-8-15(20)9-7-14/h6-9,13,16,20H,4-5,10-12H2,1-3H3,(H,19,21)/t13-,16?/m0/s1. The molecule has 0 spiro atoms. The molecule has 1 aromatic carbocycles. The van der Waals surface area contributed by atoms with Gasteiger partial charge in [-0.25, -0.2) is 0 Å². The lowest BCUT2D eigenvalue weighted by Crippen LogP contribution is -2.45. The van der Waals surface area contributed by atoms with E-state index in [-0.39, 0.29) is 23.0 Å². The maximum Gasteiger partial charge on any atom is 0.223 e. The molecule has 2 atom stereocenters. The van der Waals surface area contributed by atoms with E-state index in [1.54, 1.807) is 12.1 Å². The van der Waals surface area contributed by atoms with Crippen LogP contribution >= 0.6 is 0 Å². The first-order valence-corrected chi connectivity index (χ1v) is 7.96. The van der Waals surface area contributed by atoms with Crippen molar-refractivity contribution in [1.29, 1.82) is 0 Å². The van der Waals surface area contributed by atoms with Crippen LogP contribution in [0.2, 0.25) is 0 Å². The molecule has 1 saturated carbocycles. The van der Waals surface area contributed by atoms with Crippen molar-refractivity contribution >= 4 is 5.91 Å². The first-order chi connectivity index (χ1) is 9.90. The Morgan fingerprint density at radius 3 is 2.62 bits per heavy atom. The molecule has 2 N–H and O–H groups in total. The van der Waals surface area contributed by atoms with E-state index in [0.717, 1.165) is 24.8 Å². The number of phenols is 1. The summed E-state index contributed by atoms with van der Waals surface area (Å²) in [6, 6.07) is 7.16. The molecule has 0 saturated heterocycles. The molecular weight excluding hydrogens is 262 g/mol. The van der Waals surface area contributed by atoms with Gasteiger partial charge in [-0.05, 0) is 48.3 Å². The first kappa shape index (κ1) is 15.9. The molecule has 1 aliphatic carbocycles. The summed E-state index contributed by atoms with van der Waals surface area (Å²) in [5, 5.41) is 12.4. The predicted molar refractivity (Wildman–Crippen MR) is 85.1 cm³/mol. The van der Waals surface area contributed by atoms with Crippen LogP contribution in [0.4, 0.5) is 0 Å². The van der Waals surface area contributed by atoms with Crippen molar-refractivity contribution in [3.63, 3.8) is 0 Å². The van der Waals surface area contributed by atoms with Crippen LogP contribution < -0.4 is 5.32 Å². The normalized spacial score (nSPS) is 24.5. The highest BCUT2D eigenvalue weighted by molar-refractivity contribution is 5.79. The Morgan fingerprint density at radius 2 is 2.00 bits per heavy atom. The van der Waals surface area contributed by atoms with E-state index in [1.807, 2.05) is 12.1 Å². The van der Waals surface area contributed by atoms with E-state index < -0.39 is 0 Å². The summed E-state index contributed by atoms with van der Waals surface area (Å²) >= 11 is 0. The molecule has 0 heterocycles. The van der Waals surface area contributed by atoms with Crippen LogP contribution in [0.25, 0.3) is 0 Å². The van der Waals surface area contributed by atoms with Crippen LogP contribution in [-0.2, 0) is 11.2 Å². The monoisotopic (exact) mass is 289 g/mol. The Morgan fingerprint density at radius 1 is 1.33 bits per heavy atom. The van der Waals surface area contributed by atoms with Crippen molar-refractivity contribution in [3.05, 3.63) is 29.8 Å². The summed E-state index contributed by atoms with van der Waals surface area (Å²) in [4.78, 5) is 12.5. The zero-order valence-electron chi connectivity index (χ0n) is 13.4. The highest BCUT2D eigenvalue weighted by Crippen LogP contribution is 2.43. The molecule has 1 aromatic rings. The highest BCUT2D eigenvalue weighted by atomic mass is 16.3. The summed E-state index contributed by atoms with van der Waals surface area (Å²) in [6.07, 6.45) is 4.31. The molecule has 1 fully saturated rings. The van der Waals surface area contributed by atoms with Gasteiger partial charge >= 0.3 is 0 Å². The molecular formula is C18H27NO2. The lowest BCUT2D eigenvalue weighted by atomic mass is 9.64. The topological polar surface area (TPSA) is 49.3 Å². The molecule has 21 heavy (non-hydrogen) atoms. The van der Waals surface area contributed by atoms with Gasteiger partial charge in [0.25, 0.3) is 0 Å². The summed E-state index contributed by atoms with van der Waals surface area (Å²) in [7, 11) is 0. The number of carbonyl (C=O) groups excluding carboxylic acids is 1. The molecule has 1 unspecified atom stereocenters. The number of hydrogen-bond donors (Lipinski definition) is 2. The van der Waals surface area contributed by atoms with E-state index in [4.69, 9.17) is 0 Å². The van der Waals surface area contributed by atoms with Crippen LogP contribution in [0.1, 0.15) is 45.6 Å². The Hall–Kier alpha value is -1.51.